The van der Waals surface area contributed by atoms with Gasteiger partial charge in [-0.15, -0.1) is 0 Å². The topological polar surface area (TPSA) is 104 Å². The second-order valence-corrected chi connectivity index (χ2v) is 7.53. The fraction of sp³-hybridized carbons (Fsp3) is 0.429. The largest absolute Gasteiger partial charge is 0.481 e. The van der Waals surface area contributed by atoms with Gasteiger partial charge in [0.2, 0.25) is 15.9 Å². The highest BCUT2D eigenvalue weighted by Gasteiger charge is 2.29. The summed E-state index contributed by atoms with van der Waals surface area (Å²) < 4.78 is 39.9. The van der Waals surface area contributed by atoms with Gasteiger partial charge in [-0.25, -0.2) is 12.8 Å². The Balaban J connectivity index is 2.36. The lowest BCUT2D eigenvalue weighted by atomic mass is 10.0. The monoisotopic (exact) mass is 344 g/mol. The van der Waals surface area contributed by atoms with Crippen molar-refractivity contribution in [3.63, 3.8) is 0 Å². The minimum atomic E-state index is -4.16. The highest BCUT2D eigenvalue weighted by molar-refractivity contribution is 7.89. The van der Waals surface area contributed by atoms with Gasteiger partial charge < -0.3 is 10.4 Å². The van der Waals surface area contributed by atoms with Crippen molar-refractivity contribution in [2.75, 3.05) is 18.9 Å². The zero-order valence-electron chi connectivity index (χ0n) is 12.7. The molecule has 0 aliphatic carbocycles. The number of aryl methyl sites for hydroxylation is 1. The van der Waals surface area contributed by atoms with Gasteiger partial charge in [0, 0.05) is 25.7 Å². The standard InChI is InChI=1S/C14H17FN2O5S/c1-8(14(19)20)7-17(2)23(21,22)12-5-9-3-4-13(18)16-11(9)6-10(12)15/h5-6,8H,3-4,7H2,1-2H3,(H,16,18)(H,19,20). The van der Waals surface area contributed by atoms with Crippen LogP contribution in [0.5, 0.6) is 0 Å². The molecule has 23 heavy (non-hydrogen) atoms. The molecule has 1 aromatic rings. The second kappa shape index (κ2) is 6.25. The lowest BCUT2D eigenvalue weighted by molar-refractivity contribution is -0.141. The zero-order valence-corrected chi connectivity index (χ0v) is 13.5. The van der Waals surface area contributed by atoms with Crippen LogP contribution in [0.25, 0.3) is 0 Å². The summed E-state index contributed by atoms with van der Waals surface area (Å²) in [5, 5.41) is 11.4. The van der Waals surface area contributed by atoms with Crippen LogP contribution in [0.1, 0.15) is 18.9 Å². The smallest absolute Gasteiger partial charge is 0.307 e. The number of carboxylic acids is 1. The molecule has 7 nitrogen and oxygen atoms in total. The van der Waals surface area contributed by atoms with E-state index in [1.54, 1.807) is 0 Å². The highest BCUT2D eigenvalue weighted by atomic mass is 32.2. The van der Waals surface area contributed by atoms with E-state index in [1.165, 1.54) is 20.0 Å². The molecule has 1 aliphatic rings. The van der Waals surface area contributed by atoms with Crippen molar-refractivity contribution in [2.24, 2.45) is 5.92 Å². The molecule has 0 saturated heterocycles. The molecule has 1 aromatic carbocycles. The summed E-state index contributed by atoms with van der Waals surface area (Å²) >= 11 is 0. The normalized spacial score (nSPS) is 15.9. The van der Waals surface area contributed by atoms with Crippen LogP contribution in [-0.4, -0.2) is 43.3 Å². The average molecular weight is 344 g/mol. The number of halogens is 1. The highest BCUT2D eigenvalue weighted by Crippen LogP contribution is 2.29. The molecule has 1 atom stereocenters. The number of benzene rings is 1. The predicted molar refractivity (Wildman–Crippen MR) is 80.0 cm³/mol. The number of carbonyl (C=O) groups excluding carboxylic acids is 1. The van der Waals surface area contributed by atoms with Crippen LogP contribution in [0.3, 0.4) is 0 Å². The number of aliphatic carboxylic acids is 1. The Hall–Kier alpha value is -2.00. The fourth-order valence-electron chi connectivity index (χ4n) is 2.31. The first kappa shape index (κ1) is 17.4. The average Bonchev–Trinajstić information content (AvgIpc) is 2.45. The molecule has 126 valence electrons. The number of carbonyl (C=O) groups is 2. The summed E-state index contributed by atoms with van der Waals surface area (Å²) in [5.74, 6) is -3.30. The van der Waals surface area contributed by atoms with E-state index >= 15 is 0 Å². The third-order valence-electron chi connectivity index (χ3n) is 3.69. The number of rotatable bonds is 5. The molecule has 0 bridgehead atoms. The maximum Gasteiger partial charge on any atom is 0.307 e. The third-order valence-corrected chi connectivity index (χ3v) is 5.53. The molecule has 9 heteroatoms. The van der Waals surface area contributed by atoms with Gasteiger partial charge >= 0.3 is 5.97 Å². The Morgan fingerprint density at radius 3 is 2.70 bits per heavy atom. The first-order valence-corrected chi connectivity index (χ1v) is 8.38. The van der Waals surface area contributed by atoms with Crippen molar-refractivity contribution in [3.8, 4) is 0 Å². The van der Waals surface area contributed by atoms with Crippen LogP contribution in [0.15, 0.2) is 17.0 Å². The van der Waals surface area contributed by atoms with Crippen LogP contribution in [-0.2, 0) is 26.0 Å². The van der Waals surface area contributed by atoms with Crippen LogP contribution >= 0.6 is 0 Å². The lowest BCUT2D eigenvalue weighted by Gasteiger charge is -2.22. The van der Waals surface area contributed by atoms with Crippen molar-refractivity contribution in [3.05, 3.63) is 23.5 Å². The van der Waals surface area contributed by atoms with Gasteiger partial charge in [0.25, 0.3) is 0 Å². The van der Waals surface area contributed by atoms with Gasteiger partial charge in [0.05, 0.1) is 5.92 Å². The Bertz CT molecular complexity index is 763. The summed E-state index contributed by atoms with van der Waals surface area (Å²) in [6.07, 6.45) is 0.517. The second-order valence-electron chi connectivity index (χ2n) is 5.51. The molecule has 0 spiro atoms. The van der Waals surface area contributed by atoms with E-state index in [-0.39, 0.29) is 24.6 Å². The van der Waals surface area contributed by atoms with Gasteiger partial charge in [-0.1, -0.05) is 6.92 Å². The lowest BCUT2D eigenvalue weighted by Crippen LogP contribution is -2.34. The maximum atomic E-state index is 14.2. The number of sulfonamides is 1. The SMILES string of the molecule is CC(CN(C)S(=O)(=O)c1cc2c(cc1F)NC(=O)CC2)C(=O)O. The summed E-state index contributed by atoms with van der Waals surface area (Å²) in [5.41, 5.74) is 0.795. The van der Waals surface area contributed by atoms with E-state index in [0.717, 1.165) is 10.4 Å². The number of nitrogens with zero attached hydrogens (tertiary/aromatic N) is 1. The third kappa shape index (κ3) is 3.50. The zero-order chi connectivity index (χ0) is 17.4. The molecule has 1 aliphatic heterocycles. The number of amides is 1. The Morgan fingerprint density at radius 2 is 2.09 bits per heavy atom. The summed E-state index contributed by atoms with van der Waals surface area (Å²) in [6, 6.07) is 2.18. The van der Waals surface area contributed by atoms with Crippen LogP contribution < -0.4 is 5.32 Å². The van der Waals surface area contributed by atoms with Crippen molar-refractivity contribution in [1.29, 1.82) is 0 Å². The van der Waals surface area contributed by atoms with E-state index < -0.39 is 32.6 Å². The molecule has 0 aromatic heterocycles. The molecule has 0 radical (unpaired) electrons. The minimum Gasteiger partial charge on any atom is -0.481 e. The van der Waals surface area contributed by atoms with Crippen molar-refractivity contribution in [1.82, 2.24) is 4.31 Å². The first-order valence-electron chi connectivity index (χ1n) is 6.94. The number of nitrogens with one attached hydrogen (secondary N) is 1. The summed E-state index contributed by atoms with van der Waals surface area (Å²) in [4.78, 5) is 21.6. The van der Waals surface area contributed by atoms with Crippen LogP contribution in [0.2, 0.25) is 0 Å². The molecule has 2 N–H and O–H groups in total. The molecule has 0 saturated carbocycles. The van der Waals surface area contributed by atoms with E-state index in [2.05, 4.69) is 5.32 Å². The van der Waals surface area contributed by atoms with Crippen LogP contribution in [0.4, 0.5) is 10.1 Å². The van der Waals surface area contributed by atoms with Crippen molar-refractivity contribution in [2.45, 2.75) is 24.7 Å². The summed E-state index contributed by atoms with van der Waals surface area (Å²) in [6.45, 7) is 1.10. The Labute approximate surface area is 133 Å². The predicted octanol–water partition coefficient (Wildman–Crippen LogP) is 1.05. The molecule has 1 heterocycles. The Kier molecular flexibility index (Phi) is 4.71. The van der Waals surface area contributed by atoms with Gasteiger partial charge in [-0.05, 0) is 24.1 Å². The number of hydrogen-bond donors (Lipinski definition) is 2. The number of carboxylic acid groups (broad SMARTS) is 1. The Morgan fingerprint density at radius 1 is 1.43 bits per heavy atom. The molecular formula is C14H17FN2O5S. The number of fused-ring (bicyclic) bond motifs is 1. The van der Waals surface area contributed by atoms with E-state index in [0.29, 0.717) is 12.0 Å². The van der Waals surface area contributed by atoms with Gasteiger partial charge in [-0.2, -0.15) is 4.31 Å². The summed E-state index contributed by atoms with van der Waals surface area (Å²) in [7, 11) is -2.96. The number of anilines is 1. The molecule has 2 rings (SSSR count). The van der Waals surface area contributed by atoms with Crippen molar-refractivity contribution < 1.29 is 27.5 Å². The van der Waals surface area contributed by atoms with E-state index in [4.69, 9.17) is 5.11 Å². The van der Waals surface area contributed by atoms with Crippen LogP contribution in [0, 0.1) is 11.7 Å². The van der Waals surface area contributed by atoms with Gasteiger partial charge in [-0.3, -0.25) is 9.59 Å². The molecule has 0 fully saturated rings. The van der Waals surface area contributed by atoms with Gasteiger partial charge in [0.1, 0.15) is 10.7 Å². The quantitative estimate of drug-likeness (QED) is 0.831. The van der Waals surface area contributed by atoms with E-state index in [1.807, 2.05) is 0 Å². The molecular weight excluding hydrogens is 327 g/mol. The molecule has 1 unspecified atom stereocenters. The molecule has 1 amide bonds. The fourth-order valence-corrected chi connectivity index (χ4v) is 3.66. The maximum absolute atomic E-state index is 14.2. The number of hydrogen-bond acceptors (Lipinski definition) is 4. The minimum absolute atomic E-state index is 0.198. The van der Waals surface area contributed by atoms with Crippen molar-refractivity contribution >= 4 is 27.6 Å². The van der Waals surface area contributed by atoms with Gasteiger partial charge in [0.15, 0.2) is 0 Å². The van der Waals surface area contributed by atoms with E-state index in [9.17, 15) is 22.4 Å². The first-order chi connectivity index (χ1) is 10.6.